The molecule has 4 aliphatic carbocycles. The first-order valence-electron chi connectivity index (χ1n) is 14.0. The summed E-state index contributed by atoms with van der Waals surface area (Å²) in [7, 11) is 1.96. The van der Waals surface area contributed by atoms with Crippen molar-refractivity contribution in [1.82, 2.24) is 4.90 Å². The summed E-state index contributed by atoms with van der Waals surface area (Å²) in [6, 6.07) is 0. The number of amides is 1. The molecular formula is C30H45NO2. The molecule has 6 aliphatic rings. The van der Waals surface area contributed by atoms with Crippen LogP contribution < -0.4 is 0 Å². The molecule has 3 nitrogen and oxygen atoms in total. The third-order valence-corrected chi connectivity index (χ3v) is 11.8. The number of hydrogen-bond donors (Lipinski definition) is 0. The Bertz CT molecular complexity index is 903. The van der Waals surface area contributed by atoms with Crippen LogP contribution in [0.3, 0.4) is 0 Å². The maximum atomic E-state index is 12.5. The summed E-state index contributed by atoms with van der Waals surface area (Å²) in [5, 5.41) is 0. The molecule has 0 aromatic heterocycles. The largest absolute Gasteiger partial charge is 0.371 e. The van der Waals surface area contributed by atoms with Gasteiger partial charge in [-0.05, 0) is 111 Å². The smallest absolute Gasteiger partial charge is 0.226 e. The van der Waals surface area contributed by atoms with Crippen molar-refractivity contribution in [3.05, 3.63) is 22.9 Å². The molecule has 182 valence electrons. The van der Waals surface area contributed by atoms with E-state index in [9.17, 15) is 4.79 Å². The highest BCUT2D eigenvalue weighted by atomic mass is 16.5. The molecule has 1 spiro atoms. The standard InChI is InChI=1S/C30H45NO2/c1-18-6-8-22-20(3)30(33-27(22)14-18)13-10-23-24-9-7-21-17-31(5)28(32)11-12-29(21,4)26(24)15-25(23)19(2)16-30/h17-18,20,22-24,26-27H,6-16H2,1-5H3/t18-,20-,22+,23+,24+,26+,27-,29+,30+/m1/s1. The number of allylic oxidation sites excluding steroid dienone is 2. The van der Waals surface area contributed by atoms with Gasteiger partial charge in [0.1, 0.15) is 0 Å². The topological polar surface area (TPSA) is 29.5 Å². The Morgan fingerprint density at radius 3 is 2.70 bits per heavy atom. The minimum absolute atomic E-state index is 0.0946. The molecule has 0 radical (unpaired) electrons. The van der Waals surface area contributed by atoms with Gasteiger partial charge in [0.15, 0.2) is 0 Å². The van der Waals surface area contributed by atoms with E-state index < -0.39 is 0 Å². The van der Waals surface area contributed by atoms with E-state index >= 15 is 0 Å². The maximum absolute atomic E-state index is 12.5. The minimum atomic E-state index is 0.0946. The van der Waals surface area contributed by atoms with Gasteiger partial charge >= 0.3 is 0 Å². The fourth-order valence-electron chi connectivity index (χ4n) is 9.71. The number of rotatable bonds is 0. The lowest BCUT2D eigenvalue weighted by atomic mass is 9.58. The first-order chi connectivity index (χ1) is 15.7. The van der Waals surface area contributed by atoms with E-state index in [1.807, 2.05) is 11.9 Å². The zero-order chi connectivity index (χ0) is 23.1. The Morgan fingerprint density at radius 2 is 1.88 bits per heavy atom. The second-order valence-electron chi connectivity index (χ2n) is 13.3. The van der Waals surface area contributed by atoms with Crippen molar-refractivity contribution in [2.24, 2.45) is 40.9 Å². The van der Waals surface area contributed by atoms with Crippen LogP contribution in [0.1, 0.15) is 98.3 Å². The van der Waals surface area contributed by atoms with Crippen molar-refractivity contribution in [1.29, 1.82) is 0 Å². The van der Waals surface area contributed by atoms with Crippen LogP contribution >= 0.6 is 0 Å². The van der Waals surface area contributed by atoms with E-state index in [2.05, 4.69) is 33.9 Å². The molecule has 1 saturated heterocycles. The summed E-state index contributed by atoms with van der Waals surface area (Å²) in [5.74, 6) is 4.86. The molecule has 1 amide bonds. The molecule has 0 bridgehead atoms. The lowest BCUT2D eigenvalue weighted by Crippen LogP contribution is -2.39. The van der Waals surface area contributed by atoms with Gasteiger partial charge in [-0.1, -0.05) is 38.3 Å². The highest BCUT2D eigenvalue weighted by Gasteiger charge is 2.58. The van der Waals surface area contributed by atoms with Gasteiger partial charge in [-0.3, -0.25) is 4.79 Å². The van der Waals surface area contributed by atoms with Crippen LogP contribution in [0.25, 0.3) is 0 Å². The van der Waals surface area contributed by atoms with Crippen LogP contribution in [-0.4, -0.2) is 29.6 Å². The number of carbonyl (C=O) groups is 1. The molecule has 6 rings (SSSR count). The van der Waals surface area contributed by atoms with Crippen LogP contribution in [0.4, 0.5) is 0 Å². The van der Waals surface area contributed by atoms with E-state index in [0.29, 0.717) is 30.3 Å². The first-order valence-corrected chi connectivity index (χ1v) is 14.0. The number of hydrogen-bond acceptors (Lipinski definition) is 2. The summed E-state index contributed by atoms with van der Waals surface area (Å²) in [6.07, 6.45) is 16.0. The Labute approximate surface area is 201 Å². The Balaban J connectivity index is 1.29. The third-order valence-electron chi connectivity index (χ3n) is 11.8. The number of nitrogens with zero attached hydrogens (tertiary/aromatic N) is 1. The molecule has 2 heterocycles. The van der Waals surface area contributed by atoms with Gasteiger partial charge in [0.2, 0.25) is 5.91 Å². The zero-order valence-corrected chi connectivity index (χ0v) is 21.7. The van der Waals surface area contributed by atoms with Gasteiger partial charge in [0.05, 0.1) is 11.7 Å². The highest BCUT2D eigenvalue weighted by molar-refractivity contribution is 5.77. The van der Waals surface area contributed by atoms with Crippen LogP contribution in [0.2, 0.25) is 0 Å². The number of fused-ring (bicyclic) bond motifs is 6. The fraction of sp³-hybridized carbons (Fsp3) is 0.833. The van der Waals surface area contributed by atoms with E-state index in [-0.39, 0.29) is 11.0 Å². The lowest BCUT2D eigenvalue weighted by Gasteiger charge is -2.46. The van der Waals surface area contributed by atoms with Crippen molar-refractivity contribution < 1.29 is 9.53 Å². The lowest BCUT2D eigenvalue weighted by molar-refractivity contribution is -0.127. The van der Waals surface area contributed by atoms with Crippen molar-refractivity contribution in [2.75, 3.05) is 7.05 Å². The second kappa shape index (κ2) is 7.70. The van der Waals surface area contributed by atoms with Gasteiger partial charge in [-0.2, -0.15) is 0 Å². The zero-order valence-electron chi connectivity index (χ0n) is 21.7. The molecule has 0 N–H and O–H groups in total. The van der Waals surface area contributed by atoms with Crippen LogP contribution in [0, 0.1) is 40.9 Å². The first kappa shape index (κ1) is 22.4. The average molecular weight is 452 g/mol. The Morgan fingerprint density at radius 1 is 1.06 bits per heavy atom. The van der Waals surface area contributed by atoms with Gasteiger partial charge in [0.25, 0.3) is 0 Å². The van der Waals surface area contributed by atoms with Gasteiger partial charge in [0, 0.05) is 19.7 Å². The van der Waals surface area contributed by atoms with Crippen LogP contribution in [0.5, 0.6) is 0 Å². The predicted octanol–water partition coefficient (Wildman–Crippen LogP) is 6.89. The molecule has 3 heteroatoms. The quantitative estimate of drug-likeness (QED) is 0.375. The van der Waals surface area contributed by atoms with Crippen molar-refractivity contribution >= 4 is 5.91 Å². The van der Waals surface area contributed by atoms with Crippen molar-refractivity contribution in [2.45, 2.75) is 110 Å². The normalized spacial score (nSPS) is 49.7. The Hall–Kier alpha value is -1.09. The Kier molecular flexibility index (Phi) is 5.22. The highest BCUT2D eigenvalue weighted by Crippen LogP contribution is 2.64. The number of ether oxygens (including phenoxy) is 1. The molecule has 33 heavy (non-hydrogen) atoms. The fourth-order valence-corrected chi connectivity index (χ4v) is 9.71. The maximum Gasteiger partial charge on any atom is 0.226 e. The molecule has 3 saturated carbocycles. The molecule has 0 aromatic rings. The van der Waals surface area contributed by atoms with E-state index in [0.717, 1.165) is 30.1 Å². The van der Waals surface area contributed by atoms with E-state index in [4.69, 9.17) is 4.74 Å². The minimum Gasteiger partial charge on any atom is -0.371 e. The van der Waals surface area contributed by atoms with Gasteiger partial charge in [-0.15, -0.1) is 0 Å². The van der Waals surface area contributed by atoms with Crippen molar-refractivity contribution in [3.8, 4) is 0 Å². The summed E-state index contributed by atoms with van der Waals surface area (Å²) < 4.78 is 7.09. The molecule has 9 atom stereocenters. The summed E-state index contributed by atoms with van der Waals surface area (Å²) in [4.78, 5) is 14.4. The third kappa shape index (κ3) is 3.27. The van der Waals surface area contributed by atoms with Crippen molar-refractivity contribution in [3.63, 3.8) is 0 Å². The predicted molar refractivity (Wildman–Crippen MR) is 132 cm³/mol. The molecule has 2 aliphatic heterocycles. The monoisotopic (exact) mass is 451 g/mol. The van der Waals surface area contributed by atoms with Crippen LogP contribution in [-0.2, 0) is 9.53 Å². The second-order valence-corrected chi connectivity index (χ2v) is 13.3. The van der Waals surface area contributed by atoms with E-state index in [1.54, 1.807) is 16.7 Å². The summed E-state index contributed by atoms with van der Waals surface area (Å²) in [6.45, 7) is 9.90. The average Bonchev–Trinajstić information content (AvgIpc) is 3.19. The summed E-state index contributed by atoms with van der Waals surface area (Å²) >= 11 is 0. The van der Waals surface area contributed by atoms with Crippen LogP contribution in [0.15, 0.2) is 22.9 Å². The molecule has 0 aromatic carbocycles. The van der Waals surface area contributed by atoms with Gasteiger partial charge < -0.3 is 9.64 Å². The molecule has 4 fully saturated rings. The van der Waals surface area contributed by atoms with Gasteiger partial charge in [-0.25, -0.2) is 0 Å². The van der Waals surface area contributed by atoms with E-state index in [1.165, 1.54) is 57.8 Å². The summed E-state index contributed by atoms with van der Waals surface area (Å²) in [5.41, 5.74) is 5.31. The number of carbonyl (C=O) groups excluding carboxylic acids is 1. The SMILES string of the molecule is CC1=C2C[C@H]3[C@@H](CCC4=CN(C)C(=O)CC[C@@]43C)[C@@H]2CC[C@@]2(C1)O[C@@H]1C[C@H](C)CC[C@H]1[C@H]2C. The molecular weight excluding hydrogens is 406 g/mol. The molecule has 0 unspecified atom stereocenters.